The van der Waals surface area contributed by atoms with E-state index in [-0.39, 0.29) is 0 Å². The zero-order valence-corrected chi connectivity index (χ0v) is 27.2. The van der Waals surface area contributed by atoms with Crippen LogP contribution < -0.4 is 5.73 Å². The number of hydrogen-bond acceptors (Lipinski definition) is 4. The average molecular weight is 558 g/mol. The fraction of sp³-hybridized carbons (Fsp3) is 0.459. The quantitative estimate of drug-likeness (QED) is 0.138. The Bertz CT molecular complexity index is 1270. The van der Waals surface area contributed by atoms with Crippen molar-refractivity contribution in [2.75, 3.05) is 6.54 Å². The van der Waals surface area contributed by atoms with Gasteiger partial charge in [0.2, 0.25) is 0 Å². The third-order valence-corrected chi connectivity index (χ3v) is 6.76. The highest BCUT2D eigenvalue weighted by Crippen LogP contribution is 2.26. The molecule has 0 aliphatic carbocycles. The lowest BCUT2D eigenvalue weighted by atomic mass is 9.97. The summed E-state index contributed by atoms with van der Waals surface area (Å²) in [5.74, 6) is 0. The van der Waals surface area contributed by atoms with Gasteiger partial charge in [-0.1, -0.05) is 68.4 Å². The fourth-order valence-electron chi connectivity index (χ4n) is 4.07. The first kappa shape index (κ1) is 35.9. The molecule has 3 N–H and O–H groups in total. The van der Waals surface area contributed by atoms with Gasteiger partial charge in [-0.15, -0.1) is 0 Å². The molecule has 0 spiro atoms. The van der Waals surface area contributed by atoms with Crippen molar-refractivity contribution >= 4 is 28.8 Å². The zero-order valence-electron chi connectivity index (χ0n) is 27.2. The van der Waals surface area contributed by atoms with Crippen molar-refractivity contribution in [1.82, 2.24) is 4.98 Å². The molecule has 0 aliphatic heterocycles. The van der Waals surface area contributed by atoms with Gasteiger partial charge in [0.05, 0.1) is 16.8 Å². The van der Waals surface area contributed by atoms with Crippen molar-refractivity contribution in [2.45, 2.75) is 106 Å². The summed E-state index contributed by atoms with van der Waals surface area (Å²) in [5.41, 5.74) is 14.1. The topological polar surface area (TPSA) is 71.5 Å². The first-order valence-corrected chi connectivity index (χ1v) is 15.3. The van der Waals surface area contributed by atoms with E-state index in [0.717, 1.165) is 78.4 Å². The molecule has 0 fully saturated rings. The molecule has 4 nitrogen and oxygen atoms in total. The van der Waals surface area contributed by atoms with Crippen molar-refractivity contribution in [3.8, 4) is 0 Å². The molecule has 0 saturated heterocycles. The third kappa shape index (κ3) is 13.9. The second kappa shape index (κ2) is 19.1. The van der Waals surface area contributed by atoms with E-state index in [1.54, 1.807) is 6.21 Å². The minimum absolute atomic E-state index is 0.672. The Labute approximate surface area is 250 Å². The van der Waals surface area contributed by atoms with Crippen LogP contribution in [0.4, 0.5) is 0 Å². The number of aliphatic imine (C=N–C) groups is 1. The number of aryl methyl sites for hydroxylation is 1. The zero-order chi connectivity index (χ0) is 30.8. The molecule has 224 valence electrons. The Hall–Kier alpha value is -3.08. The van der Waals surface area contributed by atoms with Gasteiger partial charge in [-0.05, 0) is 127 Å². The van der Waals surface area contributed by atoms with Crippen LogP contribution in [0.15, 0.2) is 76.5 Å². The van der Waals surface area contributed by atoms with Gasteiger partial charge in [-0.3, -0.25) is 4.99 Å². The van der Waals surface area contributed by atoms with Gasteiger partial charge >= 0.3 is 0 Å². The molecule has 0 unspecified atom stereocenters. The Morgan fingerprint density at radius 1 is 1.05 bits per heavy atom. The lowest BCUT2D eigenvalue weighted by Crippen LogP contribution is -2.17. The van der Waals surface area contributed by atoms with Gasteiger partial charge in [0.25, 0.3) is 0 Å². The standard InChI is InChI=1S/C35H49N3O.C2H6/c1-8-26(3)13-14-30(22-27(4)19-20-35(6,7)39)15-17-31-24-34(28(5)25-37-9-2)38-33-18-16-29(23-32(31)33)12-10-11-21-36;1-2/h9,13-18,22-25,39H,8,10-12,19-21,36H2,1-7H3;1-2H3/b17-15+,26-13+,27-22+,28-25+,30-14-,37-9?;. The number of rotatable bonds is 14. The van der Waals surface area contributed by atoms with E-state index in [1.807, 2.05) is 47.7 Å². The molecule has 0 saturated carbocycles. The molecule has 1 aromatic carbocycles. The Morgan fingerprint density at radius 3 is 2.41 bits per heavy atom. The number of aliphatic hydroxyl groups is 1. The Balaban J connectivity index is 0.00000411. The molecule has 1 heterocycles. The Kier molecular flexibility index (Phi) is 16.8. The predicted molar refractivity (Wildman–Crippen MR) is 183 cm³/mol. The van der Waals surface area contributed by atoms with Crippen LogP contribution >= 0.6 is 0 Å². The summed E-state index contributed by atoms with van der Waals surface area (Å²) in [4.78, 5) is 9.27. The van der Waals surface area contributed by atoms with Gasteiger partial charge in [-0.25, -0.2) is 4.98 Å². The maximum atomic E-state index is 10.2. The van der Waals surface area contributed by atoms with E-state index < -0.39 is 5.60 Å². The second-order valence-electron chi connectivity index (χ2n) is 11.1. The maximum Gasteiger partial charge on any atom is 0.0715 e. The third-order valence-electron chi connectivity index (χ3n) is 6.76. The molecule has 4 heteroatoms. The lowest BCUT2D eigenvalue weighted by Gasteiger charge is -2.16. The average Bonchev–Trinajstić information content (AvgIpc) is 2.96. The van der Waals surface area contributed by atoms with Gasteiger partial charge in [0, 0.05) is 17.8 Å². The smallest absolute Gasteiger partial charge is 0.0715 e. The monoisotopic (exact) mass is 557 g/mol. The lowest BCUT2D eigenvalue weighted by molar-refractivity contribution is 0.0714. The van der Waals surface area contributed by atoms with Crippen LogP contribution in [0.2, 0.25) is 0 Å². The number of nitrogens with zero attached hydrogens (tertiary/aromatic N) is 2. The number of allylic oxidation sites excluding steroid dienone is 8. The van der Waals surface area contributed by atoms with Crippen LogP contribution in [-0.4, -0.2) is 28.5 Å². The molecular weight excluding hydrogens is 502 g/mol. The van der Waals surface area contributed by atoms with Crippen molar-refractivity contribution < 1.29 is 5.11 Å². The van der Waals surface area contributed by atoms with Crippen LogP contribution in [0, 0.1) is 0 Å². The summed E-state index contributed by atoms with van der Waals surface area (Å²) in [6, 6.07) is 8.76. The van der Waals surface area contributed by atoms with Crippen LogP contribution in [-0.2, 0) is 6.42 Å². The first-order chi connectivity index (χ1) is 19.6. The number of pyridine rings is 1. The SMILES string of the molecule is CC.CC=N/C=C(\C)c1cc(/C=C/C(=C/C=C(\C)CC)/C=C(\C)CCC(C)(C)O)c2cc(CCCCN)ccc2n1. The van der Waals surface area contributed by atoms with Gasteiger partial charge in [0.15, 0.2) is 0 Å². The highest BCUT2D eigenvalue weighted by Gasteiger charge is 2.12. The molecule has 0 radical (unpaired) electrons. The van der Waals surface area contributed by atoms with Crippen molar-refractivity contribution in [3.05, 3.63) is 88.3 Å². The highest BCUT2D eigenvalue weighted by atomic mass is 16.3. The molecule has 0 bridgehead atoms. The molecule has 1 aromatic heterocycles. The van der Waals surface area contributed by atoms with E-state index in [9.17, 15) is 5.11 Å². The minimum atomic E-state index is -0.672. The predicted octanol–water partition coefficient (Wildman–Crippen LogP) is 9.79. The van der Waals surface area contributed by atoms with Crippen LogP contribution in [0.1, 0.15) is 111 Å². The van der Waals surface area contributed by atoms with E-state index in [2.05, 4.69) is 80.4 Å². The largest absolute Gasteiger partial charge is 0.390 e. The second-order valence-corrected chi connectivity index (χ2v) is 11.1. The molecule has 0 atom stereocenters. The summed E-state index contributed by atoms with van der Waals surface area (Å²) >= 11 is 0. The Morgan fingerprint density at radius 2 is 1.78 bits per heavy atom. The van der Waals surface area contributed by atoms with E-state index in [4.69, 9.17) is 10.7 Å². The fourth-order valence-corrected chi connectivity index (χ4v) is 4.07. The van der Waals surface area contributed by atoms with Crippen molar-refractivity contribution in [3.63, 3.8) is 0 Å². The normalized spacial score (nSPS) is 13.8. The van der Waals surface area contributed by atoms with Crippen molar-refractivity contribution in [2.24, 2.45) is 10.7 Å². The summed E-state index contributed by atoms with van der Waals surface area (Å²) in [6.45, 7) is 18.9. The summed E-state index contributed by atoms with van der Waals surface area (Å²) < 4.78 is 0. The highest BCUT2D eigenvalue weighted by molar-refractivity contribution is 5.90. The van der Waals surface area contributed by atoms with Gasteiger partial charge in [-0.2, -0.15) is 0 Å². The number of fused-ring (bicyclic) bond motifs is 1. The van der Waals surface area contributed by atoms with E-state index in [1.165, 1.54) is 16.7 Å². The summed E-state index contributed by atoms with van der Waals surface area (Å²) in [5, 5.41) is 11.3. The maximum absolute atomic E-state index is 10.2. The van der Waals surface area contributed by atoms with Crippen LogP contribution in [0.5, 0.6) is 0 Å². The molecular formula is C37H55N3O. The van der Waals surface area contributed by atoms with Gasteiger partial charge < -0.3 is 10.8 Å². The van der Waals surface area contributed by atoms with Gasteiger partial charge in [0.1, 0.15) is 0 Å². The molecule has 0 amide bonds. The number of nitrogens with two attached hydrogens (primary N) is 1. The first-order valence-electron chi connectivity index (χ1n) is 15.3. The van der Waals surface area contributed by atoms with Crippen LogP contribution in [0.25, 0.3) is 22.6 Å². The number of unbranched alkanes of at least 4 members (excludes halogenated alkanes) is 1. The number of hydrogen-bond donors (Lipinski definition) is 2. The summed E-state index contributed by atoms with van der Waals surface area (Å²) in [7, 11) is 0. The van der Waals surface area contributed by atoms with E-state index in [0.29, 0.717) is 0 Å². The summed E-state index contributed by atoms with van der Waals surface area (Å²) in [6.07, 6.45) is 20.4. The molecule has 0 aliphatic rings. The van der Waals surface area contributed by atoms with E-state index >= 15 is 0 Å². The van der Waals surface area contributed by atoms with Crippen molar-refractivity contribution in [1.29, 1.82) is 0 Å². The molecule has 41 heavy (non-hydrogen) atoms. The number of aromatic nitrogens is 1. The minimum Gasteiger partial charge on any atom is -0.390 e. The molecule has 2 rings (SSSR count). The van der Waals surface area contributed by atoms with Crippen LogP contribution in [0.3, 0.4) is 0 Å². The molecule has 2 aromatic rings. The number of benzene rings is 1.